The van der Waals surface area contributed by atoms with Crippen LogP contribution >= 0.6 is 0 Å². The minimum atomic E-state index is -0.762. The predicted molar refractivity (Wildman–Crippen MR) is 56.5 cm³/mol. The Labute approximate surface area is 90.4 Å². The Morgan fingerprint density at radius 2 is 2.00 bits per heavy atom. The fourth-order valence-corrected chi connectivity index (χ4v) is 0.799. The van der Waals surface area contributed by atoms with Gasteiger partial charge in [-0.3, -0.25) is 0 Å². The van der Waals surface area contributed by atoms with Crippen LogP contribution in [0.5, 0.6) is 0 Å². The van der Waals surface area contributed by atoms with Crippen molar-refractivity contribution in [1.29, 1.82) is 0 Å². The highest BCUT2D eigenvalue weighted by Gasteiger charge is 2.24. The zero-order valence-corrected chi connectivity index (χ0v) is 9.45. The minimum absolute atomic E-state index is 0.0119. The number of alkyl carbamates (subject to hydrolysis) is 1. The first-order valence-corrected chi connectivity index (χ1v) is 5.20. The van der Waals surface area contributed by atoms with Gasteiger partial charge in [0, 0.05) is 12.0 Å². The summed E-state index contributed by atoms with van der Waals surface area (Å²) in [6, 6.07) is 0. The van der Waals surface area contributed by atoms with E-state index < -0.39 is 11.5 Å². The lowest BCUT2D eigenvalue weighted by Gasteiger charge is -2.23. The molecule has 15 heavy (non-hydrogen) atoms. The van der Waals surface area contributed by atoms with E-state index in [1.54, 1.807) is 6.92 Å². The maximum absolute atomic E-state index is 11.1. The second-order valence-electron chi connectivity index (χ2n) is 3.98. The van der Waals surface area contributed by atoms with E-state index in [1.807, 2.05) is 6.92 Å². The van der Waals surface area contributed by atoms with Crippen LogP contribution in [0.4, 0.5) is 4.79 Å². The van der Waals surface area contributed by atoms with E-state index in [0.717, 1.165) is 12.8 Å². The number of hydrogen-bond acceptors (Lipinski definition) is 4. The topological polar surface area (TPSA) is 78.8 Å². The van der Waals surface area contributed by atoms with E-state index in [4.69, 9.17) is 14.9 Å². The number of nitrogens with one attached hydrogen (secondary N) is 1. The van der Waals surface area contributed by atoms with Crippen molar-refractivity contribution in [2.45, 2.75) is 26.7 Å². The Bertz CT molecular complexity index is 180. The number of hydrogen-bond donors (Lipinski definition) is 3. The molecule has 5 heteroatoms. The summed E-state index contributed by atoms with van der Waals surface area (Å²) in [5, 5.41) is 20.5. The zero-order valence-electron chi connectivity index (χ0n) is 9.45. The molecule has 3 N–H and O–H groups in total. The monoisotopic (exact) mass is 219 g/mol. The highest BCUT2D eigenvalue weighted by atomic mass is 16.5. The highest BCUT2D eigenvalue weighted by Crippen LogP contribution is 2.14. The molecule has 0 heterocycles. The number of aliphatic hydroxyl groups is 2. The number of unbranched alkanes of at least 4 members (excludes halogenated alkanes) is 1. The van der Waals surface area contributed by atoms with E-state index in [-0.39, 0.29) is 19.8 Å². The lowest BCUT2D eigenvalue weighted by molar-refractivity contribution is 0.00998. The van der Waals surface area contributed by atoms with Gasteiger partial charge in [-0.2, -0.15) is 0 Å². The molecule has 0 aliphatic carbocycles. The first-order valence-electron chi connectivity index (χ1n) is 5.20. The molecule has 0 atom stereocenters. The van der Waals surface area contributed by atoms with Crippen LogP contribution in [0, 0.1) is 5.41 Å². The molecular formula is C10H21NO4. The van der Waals surface area contributed by atoms with Crippen LogP contribution in [0.1, 0.15) is 26.7 Å². The summed E-state index contributed by atoms with van der Waals surface area (Å²) >= 11 is 0. The van der Waals surface area contributed by atoms with Crippen LogP contribution < -0.4 is 5.32 Å². The largest absolute Gasteiger partial charge is 0.449 e. The van der Waals surface area contributed by atoms with E-state index in [1.165, 1.54) is 0 Å². The van der Waals surface area contributed by atoms with Crippen LogP contribution in [0.15, 0.2) is 0 Å². The second kappa shape index (κ2) is 7.48. The molecule has 0 saturated heterocycles. The third-order valence-corrected chi connectivity index (χ3v) is 2.11. The molecule has 1 amide bonds. The van der Waals surface area contributed by atoms with Crippen LogP contribution in [-0.4, -0.2) is 42.7 Å². The van der Waals surface area contributed by atoms with Gasteiger partial charge in [-0.05, 0) is 6.42 Å². The average Bonchev–Trinajstić information content (AvgIpc) is 2.26. The van der Waals surface area contributed by atoms with Crippen LogP contribution in [0.3, 0.4) is 0 Å². The van der Waals surface area contributed by atoms with Crippen molar-refractivity contribution in [1.82, 2.24) is 5.32 Å². The lowest BCUT2D eigenvalue weighted by Crippen LogP contribution is -2.35. The molecular weight excluding hydrogens is 198 g/mol. The van der Waals surface area contributed by atoms with Gasteiger partial charge < -0.3 is 20.3 Å². The van der Waals surface area contributed by atoms with Crippen molar-refractivity contribution >= 4 is 6.09 Å². The summed E-state index contributed by atoms with van der Waals surface area (Å²) < 4.78 is 4.87. The molecule has 0 fully saturated rings. The SMILES string of the molecule is CCCCNC(=O)OCC(C)(CO)CO. The van der Waals surface area contributed by atoms with E-state index in [2.05, 4.69) is 5.32 Å². The third kappa shape index (κ3) is 6.30. The highest BCUT2D eigenvalue weighted by molar-refractivity contribution is 5.67. The first kappa shape index (κ1) is 14.2. The number of carbonyl (C=O) groups is 1. The van der Waals surface area contributed by atoms with Gasteiger partial charge in [0.15, 0.2) is 0 Å². The molecule has 90 valence electrons. The maximum atomic E-state index is 11.1. The van der Waals surface area contributed by atoms with Crippen LogP contribution in [0.25, 0.3) is 0 Å². The molecule has 0 radical (unpaired) electrons. The van der Waals surface area contributed by atoms with Gasteiger partial charge in [0.2, 0.25) is 0 Å². The molecule has 0 aromatic heterocycles. The Balaban J connectivity index is 3.69. The summed E-state index contributed by atoms with van der Waals surface area (Å²) in [4.78, 5) is 11.1. The summed E-state index contributed by atoms with van der Waals surface area (Å²) in [5.74, 6) is 0. The minimum Gasteiger partial charge on any atom is -0.449 e. The summed E-state index contributed by atoms with van der Waals surface area (Å²) in [7, 11) is 0. The Hall–Kier alpha value is -0.810. The quantitative estimate of drug-likeness (QED) is 0.545. The van der Waals surface area contributed by atoms with Gasteiger partial charge in [0.25, 0.3) is 0 Å². The number of ether oxygens (including phenoxy) is 1. The lowest BCUT2D eigenvalue weighted by atomic mass is 9.95. The van der Waals surface area contributed by atoms with Crippen molar-refractivity contribution in [2.24, 2.45) is 5.41 Å². The summed E-state index contributed by atoms with van der Waals surface area (Å²) in [5.41, 5.74) is -0.762. The fraction of sp³-hybridized carbons (Fsp3) is 0.900. The maximum Gasteiger partial charge on any atom is 0.407 e. The standard InChI is InChI=1S/C10H21NO4/c1-3-4-5-11-9(14)15-8-10(2,6-12)7-13/h12-13H,3-8H2,1-2H3,(H,11,14). The molecule has 0 saturated carbocycles. The molecule has 0 rings (SSSR count). The molecule has 0 spiro atoms. The van der Waals surface area contributed by atoms with Gasteiger partial charge in [-0.15, -0.1) is 0 Å². The molecule has 0 unspecified atom stereocenters. The van der Waals surface area contributed by atoms with Crippen molar-refractivity contribution in [3.63, 3.8) is 0 Å². The normalized spacial score (nSPS) is 11.2. The van der Waals surface area contributed by atoms with Crippen molar-refractivity contribution in [3.05, 3.63) is 0 Å². The van der Waals surface area contributed by atoms with Crippen LogP contribution in [-0.2, 0) is 4.74 Å². The van der Waals surface area contributed by atoms with Gasteiger partial charge in [0.05, 0.1) is 13.2 Å². The predicted octanol–water partition coefficient (Wildman–Crippen LogP) is 0.504. The molecule has 0 aromatic carbocycles. The van der Waals surface area contributed by atoms with Gasteiger partial charge in [-0.25, -0.2) is 4.79 Å². The molecule has 5 nitrogen and oxygen atoms in total. The first-order chi connectivity index (χ1) is 7.08. The van der Waals surface area contributed by atoms with Gasteiger partial charge >= 0.3 is 6.09 Å². The van der Waals surface area contributed by atoms with E-state index in [9.17, 15) is 4.79 Å². The Kier molecular flexibility index (Phi) is 7.07. The number of rotatable bonds is 7. The van der Waals surface area contributed by atoms with E-state index >= 15 is 0 Å². The number of amides is 1. The molecule has 0 aliphatic heterocycles. The number of carbonyl (C=O) groups excluding carboxylic acids is 1. The third-order valence-electron chi connectivity index (χ3n) is 2.11. The smallest absolute Gasteiger partial charge is 0.407 e. The molecule has 0 bridgehead atoms. The Morgan fingerprint density at radius 1 is 1.40 bits per heavy atom. The van der Waals surface area contributed by atoms with E-state index in [0.29, 0.717) is 6.54 Å². The van der Waals surface area contributed by atoms with Crippen LogP contribution in [0.2, 0.25) is 0 Å². The van der Waals surface area contributed by atoms with Gasteiger partial charge in [-0.1, -0.05) is 20.3 Å². The van der Waals surface area contributed by atoms with Crippen molar-refractivity contribution in [3.8, 4) is 0 Å². The van der Waals surface area contributed by atoms with Crippen molar-refractivity contribution < 1.29 is 19.7 Å². The zero-order chi connectivity index (χ0) is 11.7. The summed E-state index contributed by atoms with van der Waals surface area (Å²) in [6.07, 6.45) is 1.41. The number of aliphatic hydroxyl groups excluding tert-OH is 2. The fourth-order valence-electron chi connectivity index (χ4n) is 0.799. The average molecular weight is 219 g/mol. The Morgan fingerprint density at radius 3 is 2.47 bits per heavy atom. The van der Waals surface area contributed by atoms with Crippen molar-refractivity contribution in [2.75, 3.05) is 26.4 Å². The molecule has 0 aromatic rings. The van der Waals surface area contributed by atoms with Gasteiger partial charge in [0.1, 0.15) is 6.61 Å². The summed E-state index contributed by atoms with van der Waals surface area (Å²) in [6.45, 7) is 3.84. The molecule has 0 aliphatic rings. The second-order valence-corrected chi connectivity index (χ2v) is 3.98.